The summed E-state index contributed by atoms with van der Waals surface area (Å²) in [5.41, 5.74) is 3.50. The summed E-state index contributed by atoms with van der Waals surface area (Å²) < 4.78 is 0. The summed E-state index contributed by atoms with van der Waals surface area (Å²) >= 11 is 0. The molecule has 0 radical (unpaired) electrons. The van der Waals surface area contributed by atoms with Gasteiger partial charge in [-0.15, -0.1) is 0 Å². The summed E-state index contributed by atoms with van der Waals surface area (Å²) in [6.07, 6.45) is 0. The molecule has 0 aliphatic rings. The van der Waals surface area contributed by atoms with Gasteiger partial charge in [-0.3, -0.25) is 0 Å². The number of para-hydroxylation sites is 2. The molecule has 94 valence electrons. The molecule has 19 heavy (non-hydrogen) atoms. The first kappa shape index (κ1) is 11.4. The van der Waals surface area contributed by atoms with Crippen LogP contribution in [0.1, 0.15) is 5.56 Å². The van der Waals surface area contributed by atoms with Gasteiger partial charge < -0.3 is 10.3 Å². The van der Waals surface area contributed by atoms with Crippen molar-refractivity contribution in [3.63, 3.8) is 0 Å². The maximum atomic E-state index is 10.6. The topological polar surface area (TPSA) is 71.8 Å². The average Bonchev–Trinajstić information content (AvgIpc) is 2.88. The number of rotatable bonds is 4. The first-order chi connectivity index (χ1) is 9.35. The molecule has 0 atom stereocenters. The van der Waals surface area contributed by atoms with Crippen LogP contribution in [0.15, 0.2) is 48.5 Å². The molecule has 0 saturated carbocycles. The Morgan fingerprint density at radius 1 is 1.16 bits per heavy atom. The molecule has 0 aliphatic heterocycles. The van der Waals surface area contributed by atoms with Crippen molar-refractivity contribution in [2.45, 2.75) is 6.54 Å². The Morgan fingerprint density at radius 3 is 2.89 bits per heavy atom. The van der Waals surface area contributed by atoms with Crippen LogP contribution in [0.25, 0.3) is 11.0 Å². The summed E-state index contributed by atoms with van der Waals surface area (Å²) in [5.74, 6) is 0.724. The number of nitroso groups, excluding NO2 is 1. The number of nitrogens with one attached hydrogen (secondary N) is 3. The van der Waals surface area contributed by atoms with Crippen LogP contribution in [0.5, 0.6) is 0 Å². The highest BCUT2D eigenvalue weighted by molar-refractivity contribution is 5.77. The van der Waals surface area contributed by atoms with Crippen molar-refractivity contribution >= 4 is 22.7 Å². The van der Waals surface area contributed by atoms with Crippen LogP contribution in [-0.2, 0) is 6.54 Å². The molecule has 0 unspecified atom stereocenters. The van der Waals surface area contributed by atoms with Crippen molar-refractivity contribution in [1.82, 2.24) is 9.97 Å². The monoisotopic (exact) mass is 253 g/mol. The molecule has 2 aromatic carbocycles. The number of hydrogen-bond acceptors (Lipinski definition) is 3. The second kappa shape index (κ2) is 4.89. The van der Waals surface area contributed by atoms with Crippen LogP contribution in [0.2, 0.25) is 0 Å². The van der Waals surface area contributed by atoms with Gasteiger partial charge in [0, 0.05) is 28.8 Å². The Bertz CT molecular complexity index is 687. The fourth-order valence-corrected chi connectivity index (χ4v) is 1.97. The Kier molecular flexibility index (Phi) is 2.94. The Hall–Kier alpha value is -2.69. The minimum absolute atomic E-state index is 0.559. The number of benzene rings is 2. The molecule has 5 nitrogen and oxygen atoms in total. The SMILES string of the molecule is O=[NH+]c1cccc(CNc2nc3ccccc3[nH]2)c1. The summed E-state index contributed by atoms with van der Waals surface area (Å²) in [7, 11) is 0. The Balaban J connectivity index is 1.76. The highest BCUT2D eigenvalue weighted by Crippen LogP contribution is 2.14. The van der Waals surface area contributed by atoms with E-state index in [0.717, 1.165) is 22.5 Å². The van der Waals surface area contributed by atoms with E-state index in [1.807, 2.05) is 47.6 Å². The molecule has 3 N–H and O–H groups in total. The van der Waals surface area contributed by atoms with Gasteiger partial charge in [0.1, 0.15) is 0 Å². The smallest absolute Gasteiger partial charge is 0.253 e. The molecule has 1 heterocycles. The zero-order valence-corrected chi connectivity index (χ0v) is 10.2. The zero-order chi connectivity index (χ0) is 13.1. The predicted octanol–water partition coefficient (Wildman–Crippen LogP) is 1.65. The van der Waals surface area contributed by atoms with Crippen LogP contribution in [0.3, 0.4) is 0 Å². The van der Waals surface area contributed by atoms with Gasteiger partial charge in [0.2, 0.25) is 5.95 Å². The summed E-state index contributed by atoms with van der Waals surface area (Å²) in [6.45, 7) is 0.606. The second-order valence-corrected chi connectivity index (χ2v) is 4.26. The number of hydrogen-bond donors (Lipinski definition) is 3. The van der Waals surface area contributed by atoms with E-state index in [4.69, 9.17) is 0 Å². The third-order valence-electron chi connectivity index (χ3n) is 2.89. The van der Waals surface area contributed by atoms with E-state index in [2.05, 4.69) is 15.3 Å². The number of aromatic amines is 1. The number of imidazole rings is 1. The van der Waals surface area contributed by atoms with Crippen LogP contribution in [0, 0.1) is 4.91 Å². The predicted molar refractivity (Wildman–Crippen MR) is 73.9 cm³/mol. The fourth-order valence-electron chi connectivity index (χ4n) is 1.97. The van der Waals surface area contributed by atoms with Gasteiger partial charge in [-0.25, -0.2) is 4.98 Å². The minimum Gasteiger partial charge on any atom is -0.352 e. The summed E-state index contributed by atoms with van der Waals surface area (Å²) in [4.78, 5) is 18.2. The van der Waals surface area contributed by atoms with Crippen molar-refractivity contribution in [1.29, 1.82) is 0 Å². The van der Waals surface area contributed by atoms with E-state index in [0.29, 0.717) is 12.2 Å². The fraction of sp³-hybridized carbons (Fsp3) is 0.0714. The first-order valence-electron chi connectivity index (χ1n) is 6.01. The molecule has 0 saturated heterocycles. The number of fused-ring (bicyclic) bond motifs is 1. The molecule has 5 heteroatoms. The van der Waals surface area contributed by atoms with Gasteiger partial charge in [-0.2, -0.15) is 0 Å². The van der Waals surface area contributed by atoms with Gasteiger partial charge in [0.05, 0.1) is 11.0 Å². The first-order valence-corrected chi connectivity index (χ1v) is 6.01. The van der Waals surface area contributed by atoms with E-state index in [1.165, 1.54) is 0 Å². The van der Waals surface area contributed by atoms with Crippen LogP contribution in [-0.4, -0.2) is 9.97 Å². The standard InChI is InChI=1S/C14H12N4O/c19-18-11-5-3-4-10(8-11)9-15-14-16-12-6-1-2-7-13(12)17-14/h1-8H,9H2,(H2,15,16,17)/p+1. The molecular weight excluding hydrogens is 240 g/mol. The van der Waals surface area contributed by atoms with Gasteiger partial charge in [0.15, 0.2) is 0 Å². The molecule has 0 amide bonds. The van der Waals surface area contributed by atoms with Crippen molar-refractivity contribution in [2.75, 3.05) is 5.32 Å². The van der Waals surface area contributed by atoms with Crippen molar-refractivity contribution < 1.29 is 5.18 Å². The number of H-pyrrole nitrogens is 1. The van der Waals surface area contributed by atoms with E-state index in [-0.39, 0.29) is 0 Å². The van der Waals surface area contributed by atoms with Crippen LogP contribution < -0.4 is 10.5 Å². The van der Waals surface area contributed by atoms with Crippen LogP contribution >= 0.6 is 0 Å². The number of aromatic nitrogens is 2. The van der Waals surface area contributed by atoms with E-state index >= 15 is 0 Å². The largest absolute Gasteiger partial charge is 0.352 e. The van der Waals surface area contributed by atoms with Crippen molar-refractivity contribution in [2.24, 2.45) is 0 Å². The lowest BCUT2D eigenvalue weighted by Gasteiger charge is -2.01. The second-order valence-electron chi connectivity index (χ2n) is 4.26. The molecule has 0 bridgehead atoms. The number of anilines is 1. The van der Waals surface area contributed by atoms with Crippen molar-refractivity contribution in [3.8, 4) is 0 Å². The zero-order valence-electron chi connectivity index (χ0n) is 10.2. The maximum Gasteiger partial charge on any atom is 0.253 e. The van der Waals surface area contributed by atoms with Gasteiger partial charge in [-0.1, -0.05) is 24.3 Å². The Morgan fingerprint density at radius 2 is 2.05 bits per heavy atom. The third-order valence-corrected chi connectivity index (χ3v) is 2.89. The van der Waals surface area contributed by atoms with Gasteiger partial charge in [-0.05, 0) is 17.7 Å². The summed E-state index contributed by atoms with van der Waals surface area (Å²) in [6, 6.07) is 15.2. The Labute approximate surface area is 109 Å². The lowest BCUT2D eigenvalue weighted by molar-refractivity contribution is -0.379. The highest BCUT2D eigenvalue weighted by Gasteiger charge is 2.03. The average molecular weight is 253 g/mol. The highest BCUT2D eigenvalue weighted by atomic mass is 16.3. The summed E-state index contributed by atoms with van der Waals surface area (Å²) in [5, 5.41) is 5.09. The molecule has 0 fully saturated rings. The van der Waals surface area contributed by atoms with E-state index < -0.39 is 0 Å². The minimum atomic E-state index is 0.559. The normalized spacial score (nSPS) is 10.5. The van der Waals surface area contributed by atoms with Gasteiger partial charge in [0.25, 0.3) is 5.69 Å². The molecule has 3 aromatic rings. The molecular formula is C14H13N4O+. The lowest BCUT2D eigenvalue weighted by Crippen LogP contribution is -2.55. The molecule has 0 aliphatic carbocycles. The van der Waals surface area contributed by atoms with Crippen LogP contribution in [0.4, 0.5) is 11.6 Å². The molecule has 1 aromatic heterocycles. The van der Waals surface area contributed by atoms with Crippen molar-refractivity contribution in [3.05, 3.63) is 59.0 Å². The lowest BCUT2D eigenvalue weighted by atomic mass is 10.2. The van der Waals surface area contributed by atoms with E-state index in [1.54, 1.807) is 6.07 Å². The molecule has 0 spiro atoms. The quantitative estimate of drug-likeness (QED) is 0.662. The van der Waals surface area contributed by atoms with E-state index in [9.17, 15) is 4.91 Å². The maximum absolute atomic E-state index is 10.6. The molecule has 3 rings (SSSR count). The third kappa shape index (κ3) is 2.44. The van der Waals surface area contributed by atoms with Gasteiger partial charge >= 0.3 is 0 Å². The number of nitrogens with zero attached hydrogens (tertiary/aromatic N) is 1.